The van der Waals surface area contributed by atoms with Gasteiger partial charge in [0.2, 0.25) is 0 Å². The molecule has 0 radical (unpaired) electrons. The van der Waals surface area contributed by atoms with Crippen LogP contribution in [0.3, 0.4) is 0 Å². The minimum absolute atomic E-state index is 0.0721. The van der Waals surface area contributed by atoms with Gasteiger partial charge in [0.1, 0.15) is 11.5 Å². The number of carbonyl (C=O) groups excluding carboxylic acids is 1. The lowest BCUT2D eigenvalue weighted by molar-refractivity contribution is -0.141. The Morgan fingerprint density at radius 1 is 1.35 bits per heavy atom. The summed E-state index contributed by atoms with van der Waals surface area (Å²) in [4.78, 5) is 14.7. The molecule has 0 bridgehead atoms. The van der Waals surface area contributed by atoms with Gasteiger partial charge in [-0.25, -0.2) is 4.98 Å². The fraction of sp³-hybridized carbons (Fsp3) is 0.500. The van der Waals surface area contributed by atoms with E-state index in [1.54, 1.807) is 0 Å². The number of primary amides is 1. The van der Waals surface area contributed by atoms with Crippen LogP contribution in [0.1, 0.15) is 35.3 Å². The Labute approximate surface area is 113 Å². The van der Waals surface area contributed by atoms with Gasteiger partial charge < -0.3 is 16.8 Å². The standard InChI is InChI=1S/C12H15F3N4O/c13-12(14,15)9-5-4-6(10(17)20)11(19-9)18-8-3-1-2-7(8)16/h4-5,7-8H,1-3,16H2,(H2,17,20)(H,18,19). The first-order valence-corrected chi connectivity index (χ1v) is 6.19. The van der Waals surface area contributed by atoms with E-state index in [0.29, 0.717) is 0 Å². The maximum absolute atomic E-state index is 12.7. The van der Waals surface area contributed by atoms with Gasteiger partial charge in [-0.3, -0.25) is 4.79 Å². The van der Waals surface area contributed by atoms with Crippen LogP contribution >= 0.6 is 0 Å². The number of nitrogens with zero attached hydrogens (tertiary/aromatic N) is 1. The Hall–Kier alpha value is -1.83. The topological polar surface area (TPSA) is 94.0 Å². The molecule has 1 heterocycles. The molecule has 0 aliphatic heterocycles. The van der Waals surface area contributed by atoms with Gasteiger partial charge in [0.25, 0.3) is 5.91 Å². The number of aromatic nitrogens is 1. The number of halogens is 3. The number of carbonyl (C=O) groups is 1. The first-order chi connectivity index (χ1) is 9.29. The fourth-order valence-corrected chi connectivity index (χ4v) is 2.27. The molecule has 20 heavy (non-hydrogen) atoms. The van der Waals surface area contributed by atoms with Crippen molar-refractivity contribution in [2.75, 3.05) is 5.32 Å². The highest BCUT2D eigenvalue weighted by atomic mass is 19.4. The summed E-state index contributed by atoms with van der Waals surface area (Å²) in [5, 5.41) is 2.82. The van der Waals surface area contributed by atoms with Crippen molar-refractivity contribution in [1.29, 1.82) is 0 Å². The SMILES string of the molecule is NC(=O)c1ccc(C(F)(F)F)nc1NC1CCCC1N. The van der Waals surface area contributed by atoms with E-state index in [-0.39, 0.29) is 23.5 Å². The molecule has 1 aliphatic rings. The molecule has 2 unspecified atom stereocenters. The highest BCUT2D eigenvalue weighted by Crippen LogP contribution is 2.30. The van der Waals surface area contributed by atoms with E-state index < -0.39 is 17.8 Å². The second-order valence-electron chi connectivity index (χ2n) is 4.80. The van der Waals surface area contributed by atoms with Crippen molar-refractivity contribution in [3.05, 3.63) is 23.4 Å². The van der Waals surface area contributed by atoms with Gasteiger partial charge in [0.05, 0.1) is 5.56 Å². The van der Waals surface area contributed by atoms with E-state index >= 15 is 0 Å². The van der Waals surface area contributed by atoms with Crippen LogP contribution < -0.4 is 16.8 Å². The van der Waals surface area contributed by atoms with Gasteiger partial charge in [-0.05, 0) is 31.4 Å². The summed E-state index contributed by atoms with van der Waals surface area (Å²) in [5.41, 5.74) is 9.85. The van der Waals surface area contributed by atoms with Gasteiger partial charge >= 0.3 is 6.18 Å². The smallest absolute Gasteiger partial charge is 0.365 e. The van der Waals surface area contributed by atoms with Gasteiger partial charge in [-0.1, -0.05) is 0 Å². The molecule has 5 N–H and O–H groups in total. The molecule has 8 heteroatoms. The summed E-state index contributed by atoms with van der Waals surface area (Å²) >= 11 is 0. The highest BCUT2D eigenvalue weighted by Gasteiger charge is 2.34. The zero-order chi connectivity index (χ0) is 14.9. The zero-order valence-electron chi connectivity index (χ0n) is 10.6. The molecule has 1 amide bonds. The average molecular weight is 288 g/mol. The second-order valence-corrected chi connectivity index (χ2v) is 4.80. The summed E-state index contributed by atoms with van der Waals surface area (Å²) < 4.78 is 38.0. The van der Waals surface area contributed by atoms with E-state index in [0.717, 1.165) is 31.4 Å². The highest BCUT2D eigenvalue weighted by molar-refractivity contribution is 5.97. The van der Waals surface area contributed by atoms with Gasteiger partial charge in [-0.15, -0.1) is 0 Å². The quantitative estimate of drug-likeness (QED) is 0.785. The molecule has 110 valence electrons. The van der Waals surface area contributed by atoms with Crippen molar-refractivity contribution in [2.45, 2.75) is 37.5 Å². The molecular formula is C12H15F3N4O. The Morgan fingerprint density at radius 3 is 2.55 bits per heavy atom. The Kier molecular flexibility index (Phi) is 3.85. The molecule has 1 aromatic rings. The van der Waals surface area contributed by atoms with Crippen LogP contribution in [0.5, 0.6) is 0 Å². The zero-order valence-corrected chi connectivity index (χ0v) is 10.6. The number of nitrogens with one attached hydrogen (secondary N) is 1. The summed E-state index contributed by atoms with van der Waals surface area (Å²) in [6.45, 7) is 0. The summed E-state index contributed by atoms with van der Waals surface area (Å²) in [6.07, 6.45) is -2.20. The Bertz CT molecular complexity index is 518. The molecule has 1 fully saturated rings. The molecule has 0 aromatic carbocycles. The molecule has 1 aliphatic carbocycles. The number of pyridine rings is 1. The first kappa shape index (κ1) is 14.6. The monoisotopic (exact) mass is 288 g/mol. The lowest BCUT2D eigenvalue weighted by atomic mass is 10.1. The van der Waals surface area contributed by atoms with E-state index in [4.69, 9.17) is 11.5 Å². The molecule has 2 atom stereocenters. The third kappa shape index (κ3) is 3.01. The molecule has 1 saturated carbocycles. The molecule has 5 nitrogen and oxygen atoms in total. The van der Waals surface area contributed by atoms with E-state index in [1.807, 2.05) is 0 Å². The van der Waals surface area contributed by atoms with E-state index in [9.17, 15) is 18.0 Å². The largest absolute Gasteiger partial charge is 0.433 e. The predicted molar refractivity (Wildman–Crippen MR) is 67.0 cm³/mol. The molecular weight excluding hydrogens is 273 g/mol. The van der Waals surface area contributed by atoms with Gasteiger partial charge in [0.15, 0.2) is 0 Å². The maximum Gasteiger partial charge on any atom is 0.433 e. The van der Waals surface area contributed by atoms with Crippen molar-refractivity contribution in [2.24, 2.45) is 11.5 Å². The van der Waals surface area contributed by atoms with Gasteiger partial charge in [-0.2, -0.15) is 13.2 Å². The van der Waals surface area contributed by atoms with Crippen LogP contribution in [0.2, 0.25) is 0 Å². The molecule has 0 saturated heterocycles. The minimum Gasteiger partial charge on any atom is -0.365 e. The van der Waals surface area contributed by atoms with Crippen LogP contribution in [0, 0.1) is 0 Å². The van der Waals surface area contributed by atoms with E-state index in [1.165, 1.54) is 0 Å². The van der Waals surface area contributed by atoms with Gasteiger partial charge in [0, 0.05) is 12.1 Å². The number of amides is 1. The van der Waals surface area contributed by atoms with Crippen LogP contribution in [0.15, 0.2) is 12.1 Å². The van der Waals surface area contributed by atoms with Crippen molar-refractivity contribution in [1.82, 2.24) is 4.98 Å². The number of rotatable bonds is 3. The van der Waals surface area contributed by atoms with E-state index in [2.05, 4.69) is 10.3 Å². The number of alkyl halides is 3. The maximum atomic E-state index is 12.7. The van der Waals surface area contributed by atoms with Crippen molar-refractivity contribution >= 4 is 11.7 Å². The minimum atomic E-state index is -4.58. The first-order valence-electron chi connectivity index (χ1n) is 6.19. The summed E-state index contributed by atoms with van der Waals surface area (Å²) in [7, 11) is 0. The number of nitrogens with two attached hydrogens (primary N) is 2. The Morgan fingerprint density at radius 2 is 2.05 bits per heavy atom. The van der Waals surface area contributed by atoms with Crippen LogP contribution in [0.4, 0.5) is 19.0 Å². The lowest BCUT2D eigenvalue weighted by Gasteiger charge is -2.20. The number of hydrogen-bond donors (Lipinski definition) is 3. The lowest BCUT2D eigenvalue weighted by Crippen LogP contribution is -2.36. The van der Waals surface area contributed by atoms with Crippen molar-refractivity contribution in [3.63, 3.8) is 0 Å². The van der Waals surface area contributed by atoms with Crippen molar-refractivity contribution < 1.29 is 18.0 Å². The van der Waals surface area contributed by atoms with Crippen molar-refractivity contribution in [3.8, 4) is 0 Å². The summed E-state index contributed by atoms with van der Waals surface area (Å²) in [6, 6.07) is 1.39. The normalized spacial score (nSPS) is 22.8. The number of anilines is 1. The Balaban J connectivity index is 2.34. The third-order valence-corrected chi connectivity index (χ3v) is 3.34. The number of hydrogen-bond acceptors (Lipinski definition) is 4. The summed E-state index contributed by atoms with van der Waals surface area (Å²) in [5.74, 6) is -0.991. The van der Waals surface area contributed by atoms with Crippen LogP contribution in [-0.4, -0.2) is 23.0 Å². The third-order valence-electron chi connectivity index (χ3n) is 3.34. The predicted octanol–water partition coefficient (Wildman–Crippen LogP) is 1.49. The molecule has 1 aromatic heterocycles. The second kappa shape index (κ2) is 5.28. The molecule has 0 spiro atoms. The van der Waals surface area contributed by atoms with Crippen LogP contribution in [0.25, 0.3) is 0 Å². The fourth-order valence-electron chi connectivity index (χ4n) is 2.27. The van der Waals surface area contributed by atoms with Crippen LogP contribution in [-0.2, 0) is 6.18 Å². The molecule has 2 rings (SSSR count). The average Bonchev–Trinajstić information content (AvgIpc) is 2.73.